The van der Waals surface area contributed by atoms with Crippen LogP contribution in [0.15, 0.2) is 54.6 Å². The third-order valence-electron chi connectivity index (χ3n) is 4.52. The van der Waals surface area contributed by atoms with E-state index in [1.165, 1.54) is 7.11 Å². The van der Waals surface area contributed by atoms with E-state index in [2.05, 4.69) is 10.6 Å². The summed E-state index contributed by atoms with van der Waals surface area (Å²) in [7, 11) is 1.28. The molecule has 7 heteroatoms. The first-order valence-electron chi connectivity index (χ1n) is 9.78. The standard InChI is InChI=1S/C23H27ClN2O4/c1-15(2)13-19(25-21(27)17-9-11-18(24)12-10-17)22(28)26-20(23(29)30-3)14-16-7-5-4-6-8-16/h4-12,15,19-20H,13-14H2,1-3H3,(H,25,27)(H,26,28). The minimum absolute atomic E-state index is 0.150. The summed E-state index contributed by atoms with van der Waals surface area (Å²) >= 11 is 5.87. The van der Waals surface area contributed by atoms with E-state index in [9.17, 15) is 14.4 Å². The third-order valence-corrected chi connectivity index (χ3v) is 4.77. The molecule has 0 saturated heterocycles. The van der Waals surface area contributed by atoms with Crippen LogP contribution >= 0.6 is 11.6 Å². The Bertz CT molecular complexity index is 853. The van der Waals surface area contributed by atoms with Gasteiger partial charge in [0.15, 0.2) is 0 Å². The maximum absolute atomic E-state index is 13.0. The second-order valence-corrected chi connectivity index (χ2v) is 7.87. The van der Waals surface area contributed by atoms with Crippen molar-refractivity contribution >= 4 is 29.4 Å². The van der Waals surface area contributed by atoms with Gasteiger partial charge in [-0.05, 0) is 42.2 Å². The van der Waals surface area contributed by atoms with Crippen molar-refractivity contribution in [1.82, 2.24) is 10.6 Å². The number of rotatable bonds is 9. The van der Waals surface area contributed by atoms with E-state index < -0.39 is 24.0 Å². The molecule has 2 aromatic carbocycles. The molecule has 2 aromatic rings. The van der Waals surface area contributed by atoms with E-state index in [1.54, 1.807) is 24.3 Å². The number of amides is 2. The van der Waals surface area contributed by atoms with Crippen molar-refractivity contribution in [1.29, 1.82) is 0 Å². The predicted molar refractivity (Wildman–Crippen MR) is 116 cm³/mol. The fraction of sp³-hybridized carbons (Fsp3) is 0.348. The van der Waals surface area contributed by atoms with Crippen molar-refractivity contribution in [2.45, 2.75) is 38.8 Å². The molecule has 160 valence electrons. The first kappa shape index (κ1) is 23.4. The lowest BCUT2D eigenvalue weighted by Crippen LogP contribution is -2.52. The molecule has 0 saturated carbocycles. The molecule has 0 fully saturated rings. The van der Waals surface area contributed by atoms with Crippen molar-refractivity contribution < 1.29 is 19.1 Å². The van der Waals surface area contributed by atoms with Crippen molar-refractivity contribution in [2.24, 2.45) is 5.92 Å². The van der Waals surface area contributed by atoms with E-state index in [0.29, 0.717) is 23.4 Å². The van der Waals surface area contributed by atoms with Crippen LogP contribution < -0.4 is 10.6 Å². The Labute approximate surface area is 182 Å². The van der Waals surface area contributed by atoms with Crippen molar-refractivity contribution in [2.75, 3.05) is 7.11 Å². The molecule has 2 unspecified atom stereocenters. The maximum atomic E-state index is 13.0. The monoisotopic (exact) mass is 430 g/mol. The number of carbonyl (C=O) groups is 3. The lowest BCUT2D eigenvalue weighted by Gasteiger charge is -2.23. The molecule has 0 aliphatic rings. The van der Waals surface area contributed by atoms with Gasteiger partial charge in [-0.25, -0.2) is 4.79 Å². The quantitative estimate of drug-likeness (QED) is 0.597. The van der Waals surface area contributed by atoms with Gasteiger partial charge in [0.1, 0.15) is 12.1 Å². The van der Waals surface area contributed by atoms with Gasteiger partial charge in [-0.3, -0.25) is 9.59 Å². The number of esters is 1. The van der Waals surface area contributed by atoms with Gasteiger partial charge in [-0.1, -0.05) is 55.8 Å². The fourth-order valence-corrected chi connectivity index (χ4v) is 3.13. The SMILES string of the molecule is COC(=O)C(Cc1ccccc1)NC(=O)C(CC(C)C)NC(=O)c1ccc(Cl)cc1. The van der Waals surface area contributed by atoms with Gasteiger partial charge in [0.25, 0.3) is 5.91 Å². The van der Waals surface area contributed by atoms with Gasteiger partial charge >= 0.3 is 5.97 Å². The van der Waals surface area contributed by atoms with Crippen LogP contribution in [-0.2, 0) is 20.7 Å². The Hall–Kier alpha value is -2.86. The molecule has 2 rings (SSSR count). The highest BCUT2D eigenvalue weighted by molar-refractivity contribution is 6.30. The molecule has 6 nitrogen and oxygen atoms in total. The summed E-state index contributed by atoms with van der Waals surface area (Å²) in [5.74, 6) is -1.21. The molecule has 0 aliphatic heterocycles. The molecular formula is C23H27ClN2O4. The minimum Gasteiger partial charge on any atom is -0.467 e. The Morgan fingerprint density at radius 3 is 2.13 bits per heavy atom. The van der Waals surface area contributed by atoms with Crippen LogP contribution in [0.3, 0.4) is 0 Å². The van der Waals surface area contributed by atoms with Gasteiger partial charge < -0.3 is 15.4 Å². The number of hydrogen-bond acceptors (Lipinski definition) is 4. The summed E-state index contributed by atoms with van der Waals surface area (Å²) in [5.41, 5.74) is 1.29. The predicted octanol–water partition coefficient (Wildman–Crippen LogP) is 3.39. The molecule has 30 heavy (non-hydrogen) atoms. The van der Waals surface area contributed by atoms with Gasteiger partial charge in [0.05, 0.1) is 7.11 Å². The van der Waals surface area contributed by atoms with E-state index in [-0.39, 0.29) is 11.8 Å². The first-order chi connectivity index (χ1) is 14.3. The third kappa shape index (κ3) is 7.19. The summed E-state index contributed by atoms with van der Waals surface area (Å²) in [6.45, 7) is 3.91. The molecule has 0 bridgehead atoms. The lowest BCUT2D eigenvalue weighted by atomic mass is 10.0. The Morgan fingerprint density at radius 1 is 0.933 bits per heavy atom. The number of halogens is 1. The highest BCUT2D eigenvalue weighted by Gasteiger charge is 2.28. The molecule has 0 radical (unpaired) electrons. The average molecular weight is 431 g/mol. The number of benzene rings is 2. The fourth-order valence-electron chi connectivity index (χ4n) is 3.00. The largest absolute Gasteiger partial charge is 0.467 e. The van der Waals surface area contributed by atoms with Crippen LogP contribution in [0.1, 0.15) is 36.2 Å². The molecule has 2 N–H and O–H groups in total. The van der Waals surface area contributed by atoms with E-state index in [1.807, 2.05) is 44.2 Å². The number of nitrogens with one attached hydrogen (secondary N) is 2. The van der Waals surface area contributed by atoms with Gasteiger partial charge in [-0.15, -0.1) is 0 Å². The molecule has 0 aliphatic carbocycles. The van der Waals surface area contributed by atoms with Crippen LogP contribution in [0.25, 0.3) is 0 Å². The van der Waals surface area contributed by atoms with E-state index in [0.717, 1.165) is 5.56 Å². The molecule has 2 atom stereocenters. The van der Waals surface area contributed by atoms with E-state index >= 15 is 0 Å². The zero-order valence-corrected chi connectivity index (χ0v) is 18.1. The minimum atomic E-state index is -0.855. The maximum Gasteiger partial charge on any atom is 0.328 e. The molecule has 0 heterocycles. The number of methoxy groups -OCH3 is 1. The van der Waals surface area contributed by atoms with Crippen LogP contribution in [0.4, 0.5) is 0 Å². The summed E-state index contributed by atoms with van der Waals surface area (Å²) in [5, 5.41) is 6.02. The summed E-state index contributed by atoms with van der Waals surface area (Å²) in [6, 6.07) is 14.1. The Balaban J connectivity index is 2.13. The smallest absolute Gasteiger partial charge is 0.328 e. The summed E-state index contributed by atoms with van der Waals surface area (Å²) in [6.07, 6.45) is 0.711. The normalized spacial score (nSPS) is 12.7. The van der Waals surface area contributed by atoms with Crippen molar-refractivity contribution in [3.8, 4) is 0 Å². The second kappa shape index (κ2) is 11.4. The Morgan fingerprint density at radius 2 is 1.57 bits per heavy atom. The first-order valence-corrected chi connectivity index (χ1v) is 10.2. The highest BCUT2D eigenvalue weighted by Crippen LogP contribution is 2.12. The molecule has 0 spiro atoms. The highest BCUT2D eigenvalue weighted by atomic mass is 35.5. The number of hydrogen-bond donors (Lipinski definition) is 2. The van der Waals surface area contributed by atoms with Gasteiger partial charge in [0.2, 0.25) is 5.91 Å². The zero-order valence-electron chi connectivity index (χ0n) is 17.4. The summed E-state index contributed by atoms with van der Waals surface area (Å²) < 4.78 is 4.85. The summed E-state index contributed by atoms with van der Waals surface area (Å²) in [4.78, 5) is 37.8. The molecule has 0 aromatic heterocycles. The molecule has 2 amide bonds. The lowest BCUT2D eigenvalue weighted by molar-refractivity contribution is -0.145. The second-order valence-electron chi connectivity index (χ2n) is 7.44. The van der Waals surface area contributed by atoms with E-state index in [4.69, 9.17) is 16.3 Å². The Kier molecular flexibility index (Phi) is 8.87. The van der Waals surface area contributed by atoms with Gasteiger partial charge in [-0.2, -0.15) is 0 Å². The van der Waals surface area contributed by atoms with Crippen molar-refractivity contribution in [3.05, 3.63) is 70.7 Å². The zero-order chi connectivity index (χ0) is 22.1. The van der Waals surface area contributed by atoms with Crippen LogP contribution in [-0.4, -0.2) is 37.0 Å². The van der Waals surface area contributed by atoms with Crippen molar-refractivity contribution in [3.63, 3.8) is 0 Å². The number of carbonyl (C=O) groups excluding carboxylic acids is 3. The molecular weight excluding hydrogens is 404 g/mol. The van der Waals surface area contributed by atoms with Crippen LogP contribution in [0.5, 0.6) is 0 Å². The van der Waals surface area contributed by atoms with Gasteiger partial charge in [0, 0.05) is 17.0 Å². The number of ether oxygens (including phenoxy) is 1. The average Bonchev–Trinajstić information content (AvgIpc) is 2.73. The van der Waals surface area contributed by atoms with Crippen LogP contribution in [0, 0.1) is 5.92 Å². The van der Waals surface area contributed by atoms with Crippen LogP contribution in [0.2, 0.25) is 5.02 Å². The topological polar surface area (TPSA) is 84.5 Å².